The summed E-state index contributed by atoms with van der Waals surface area (Å²) in [5, 5.41) is 4.58. The number of hydrogen-bond acceptors (Lipinski definition) is 6. The molecule has 2 aliphatic rings. The van der Waals surface area contributed by atoms with Gasteiger partial charge in [-0.2, -0.15) is 4.98 Å². The van der Waals surface area contributed by atoms with E-state index >= 15 is 0 Å². The lowest BCUT2D eigenvalue weighted by Crippen LogP contribution is -2.49. The second-order valence-electron chi connectivity index (χ2n) is 7.06. The van der Waals surface area contributed by atoms with Gasteiger partial charge in [-0.05, 0) is 37.1 Å². The molecule has 1 aliphatic carbocycles. The average Bonchev–Trinajstić information content (AvgIpc) is 3.36. The van der Waals surface area contributed by atoms with Crippen LogP contribution in [0, 0.1) is 0 Å². The first kappa shape index (κ1) is 16.1. The number of fused-ring (bicyclic) bond motifs is 1. The molecule has 0 radical (unpaired) electrons. The van der Waals surface area contributed by atoms with Crippen molar-refractivity contribution >= 4 is 28.6 Å². The number of anilines is 2. The van der Waals surface area contributed by atoms with Crippen molar-refractivity contribution in [2.45, 2.75) is 18.9 Å². The smallest absolute Gasteiger partial charge is 0.289 e. The van der Waals surface area contributed by atoms with Gasteiger partial charge in [0.2, 0.25) is 5.95 Å². The van der Waals surface area contributed by atoms with Crippen LogP contribution in [0.5, 0.6) is 0 Å². The van der Waals surface area contributed by atoms with Crippen LogP contribution in [0.15, 0.2) is 47.1 Å². The fraction of sp³-hybridized carbons (Fsp3) is 0.350. The Bertz CT molecular complexity index is 960. The molecule has 1 aliphatic heterocycles. The van der Waals surface area contributed by atoms with E-state index in [1.165, 1.54) is 19.1 Å². The quantitative estimate of drug-likeness (QED) is 0.768. The normalized spacial score (nSPS) is 17.3. The number of hydrogen-bond donors (Lipinski definition) is 1. The van der Waals surface area contributed by atoms with E-state index in [2.05, 4.69) is 16.3 Å². The molecule has 0 atom stereocenters. The Hall–Kier alpha value is -3.09. The van der Waals surface area contributed by atoms with Gasteiger partial charge in [-0.15, -0.1) is 0 Å². The number of benzene rings is 1. The number of nitrogens with one attached hydrogen (secondary N) is 1. The number of aromatic nitrogens is 2. The van der Waals surface area contributed by atoms with Crippen LogP contribution in [0.2, 0.25) is 0 Å². The SMILES string of the molecule is O=C(c1ccco1)N1CCN(c2nc(NC3CC3)c3ccccc3n2)CC1. The maximum absolute atomic E-state index is 12.4. The van der Waals surface area contributed by atoms with Crippen LogP contribution in [0.4, 0.5) is 11.8 Å². The van der Waals surface area contributed by atoms with Gasteiger partial charge in [0, 0.05) is 37.6 Å². The molecule has 138 valence electrons. The highest BCUT2D eigenvalue weighted by Gasteiger charge is 2.27. The van der Waals surface area contributed by atoms with E-state index in [0.29, 0.717) is 38.0 Å². The van der Waals surface area contributed by atoms with Gasteiger partial charge in [-0.1, -0.05) is 12.1 Å². The molecule has 3 heterocycles. The topological polar surface area (TPSA) is 74.5 Å². The van der Waals surface area contributed by atoms with Gasteiger partial charge in [0.1, 0.15) is 5.82 Å². The second kappa shape index (κ2) is 6.57. The standard InChI is InChI=1S/C20H21N5O2/c26-19(17-6-3-13-27-17)24-9-11-25(12-10-24)20-22-16-5-2-1-4-15(16)18(23-20)21-14-7-8-14/h1-6,13-14H,7-12H2,(H,21,22,23). The minimum absolute atomic E-state index is 0.0600. The average molecular weight is 363 g/mol. The minimum Gasteiger partial charge on any atom is -0.459 e. The van der Waals surface area contributed by atoms with Gasteiger partial charge in [0.15, 0.2) is 5.76 Å². The zero-order valence-electron chi connectivity index (χ0n) is 15.0. The first-order chi connectivity index (χ1) is 13.3. The van der Waals surface area contributed by atoms with Gasteiger partial charge in [-0.3, -0.25) is 4.79 Å². The van der Waals surface area contributed by atoms with E-state index in [9.17, 15) is 4.79 Å². The molecule has 1 aromatic carbocycles. The molecule has 1 amide bonds. The van der Waals surface area contributed by atoms with Crippen LogP contribution >= 0.6 is 0 Å². The van der Waals surface area contributed by atoms with Crippen molar-refractivity contribution in [3.63, 3.8) is 0 Å². The summed E-state index contributed by atoms with van der Waals surface area (Å²) in [6.07, 6.45) is 3.92. The molecule has 7 nitrogen and oxygen atoms in total. The van der Waals surface area contributed by atoms with Crippen LogP contribution < -0.4 is 10.2 Å². The van der Waals surface area contributed by atoms with E-state index < -0.39 is 0 Å². The number of carbonyl (C=O) groups excluding carboxylic acids is 1. The zero-order chi connectivity index (χ0) is 18.2. The molecule has 1 N–H and O–H groups in total. The number of rotatable bonds is 4. The number of amides is 1. The monoisotopic (exact) mass is 363 g/mol. The maximum Gasteiger partial charge on any atom is 0.289 e. The predicted molar refractivity (Wildman–Crippen MR) is 103 cm³/mol. The number of para-hydroxylation sites is 1. The van der Waals surface area contributed by atoms with Crippen LogP contribution in [-0.2, 0) is 0 Å². The number of furan rings is 1. The molecule has 2 aromatic heterocycles. The summed E-state index contributed by atoms with van der Waals surface area (Å²) >= 11 is 0. The van der Waals surface area contributed by atoms with Crippen LogP contribution in [-0.4, -0.2) is 53.0 Å². The highest BCUT2D eigenvalue weighted by molar-refractivity contribution is 5.92. The number of piperazine rings is 1. The highest BCUT2D eigenvalue weighted by atomic mass is 16.3. The van der Waals surface area contributed by atoms with Crippen molar-refractivity contribution in [3.05, 3.63) is 48.4 Å². The molecule has 0 unspecified atom stereocenters. The van der Waals surface area contributed by atoms with Crippen molar-refractivity contribution in [3.8, 4) is 0 Å². The van der Waals surface area contributed by atoms with Crippen molar-refractivity contribution in [2.75, 3.05) is 36.4 Å². The zero-order valence-corrected chi connectivity index (χ0v) is 15.0. The molecule has 3 aromatic rings. The molecule has 7 heteroatoms. The summed E-state index contributed by atoms with van der Waals surface area (Å²) in [5.41, 5.74) is 0.944. The lowest BCUT2D eigenvalue weighted by molar-refractivity contribution is 0.0714. The van der Waals surface area contributed by atoms with E-state index in [1.54, 1.807) is 12.1 Å². The largest absolute Gasteiger partial charge is 0.459 e. The molecule has 0 bridgehead atoms. The third-order valence-electron chi connectivity index (χ3n) is 5.09. The van der Waals surface area contributed by atoms with Crippen LogP contribution in [0.25, 0.3) is 10.9 Å². The Morgan fingerprint density at radius 1 is 1.04 bits per heavy atom. The molecule has 1 saturated heterocycles. The number of nitrogens with zero attached hydrogens (tertiary/aromatic N) is 4. The van der Waals surface area contributed by atoms with Crippen molar-refractivity contribution < 1.29 is 9.21 Å². The first-order valence-electron chi connectivity index (χ1n) is 9.39. The van der Waals surface area contributed by atoms with E-state index in [0.717, 1.165) is 22.7 Å². The highest BCUT2D eigenvalue weighted by Crippen LogP contribution is 2.29. The van der Waals surface area contributed by atoms with Gasteiger partial charge in [0.25, 0.3) is 5.91 Å². The predicted octanol–water partition coefficient (Wildman–Crippen LogP) is 2.76. The molecule has 27 heavy (non-hydrogen) atoms. The summed E-state index contributed by atoms with van der Waals surface area (Å²) in [5.74, 6) is 1.96. The lowest BCUT2D eigenvalue weighted by atomic mass is 10.2. The van der Waals surface area contributed by atoms with Crippen LogP contribution in [0.1, 0.15) is 23.4 Å². The van der Waals surface area contributed by atoms with Crippen molar-refractivity contribution in [1.29, 1.82) is 0 Å². The molecular formula is C20H21N5O2. The maximum atomic E-state index is 12.4. The van der Waals surface area contributed by atoms with Gasteiger partial charge in [-0.25, -0.2) is 4.98 Å². The minimum atomic E-state index is -0.0600. The summed E-state index contributed by atoms with van der Waals surface area (Å²) in [6, 6.07) is 12.1. The summed E-state index contributed by atoms with van der Waals surface area (Å²) in [7, 11) is 0. The lowest BCUT2D eigenvalue weighted by Gasteiger charge is -2.34. The molecule has 2 fully saturated rings. The molecular weight excluding hydrogens is 342 g/mol. The third-order valence-corrected chi connectivity index (χ3v) is 5.09. The Kier molecular flexibility index (Phi) is 3.92. The number of carbonyl (C=O) groups is 1. The van der Waals surface area contributed by atoms with Crippen molar-refractivity contribution in [2.24, 2.45) is 0 Å². The Balaban J connectivity index is 1.36. The second-order valence-corrected chi connectivity index (χ2v) is 7.06. The third kappa shape index (κ3) is 3.20. The van der Waals surface area contributed by atoms with E-state index in [1.807, 2.05) is 23.1 Å². The Labute approximate surface area is 157 Å². The molecule has 5 rings (SSSR count). The first-order valence-corrected chi connectivity index (χ1v) is 9.39. The molecule has 1 saturated carbocycles. The summed E-state index contributed by atoms with van der Waals surface area (Å²) in [4.78, 5) is 26.0. The van der Waals surface area contributed by atoms with Gasteiger partial charge >= 0.3 is 0 Å². The fourth-order valence-corrected chi connectivity index (χ4v) is 3.40. The Morgan fingerprint density at radius 2 is 1.85 bits per heavy atom. The fourth-order valence-electron chi connectivity index (χ4n) is 3.40. The van der Waals surface area contributed by atoms with E-state index in [-0.39, 0.29) is 5.91 Å². The molecule has 0 spiro atoms. The van der Waals surface area contributed by atoms with Gasteiger partial charge in [0.05, 0.1) is 11.8 Å². The van der Waals surface area contributed by atoms with E-state index in [4.69, 9.17) is 14.4 Å². The summed E-state index contributed by atoms with van der Waals surface area (Å²) < 4.78 is 5.23. The van der Waals surface area contributed by atoms with Crippen molar-refractivity contribution in [1.82, 2.24) is 14.9 Å². The van der Waals surface area contributed by atoms with Gasteiger partial charge < -0.3 is 19.5 Å². The summed E-state index contributed by atoms with van der Waals surface area (Å²) in [6.45, 7) is 2.66. The van der Waals surface area contributed by atoms with Crippen LogP contribution in [0.3, 0.4) is 0 Å². The Morgan fingerprint density at radius 3 is 2.59 bits per heavy atom.